The van der Waals surface area contributed by atoms with E-state index in [1.165, 1.54) is 12.1 Å². The van der Waals surface area contributed by atoms with Gasteiger partial charge in [-0.25, -0.2) is 0 Å². The minimum atomic E-state index is -4.70. The number of rotatable bonds is 6. The van der Waals surface area contributed by atoms with E-state index in [1.54, 1.807) is 37.3 Å². The summed E-state index contributed by atoms with van der Waals surface area (Å²) in [6.45, 7) is 1.21. The van der Waals surface area contributed by atoms with Crippen molar-refractivity contribution < 1.29 is 27.3 Å². The Morgan fingerprint density at radius 1 is 1.03 bits per heavy atom. The molecule has 2 amide bonds. The van der Waals surface area contributed by atoms with Crippen molar-refractivity contribution in [2.45, 2.75) is 13.1 Å². The maximum absolute atomic E-state index is 13.5. The van der Waals surface area contributed by atoms with E-state index in [-0.39, 0.29) is 17.2 Å². The summed E-state index contributed by atoms with van der Waals surface area (Å²) in [6.07, 6.45) is -4.70. The Morgan fingerprint density at radius 3 is 2.40 bits per heavy atom. The normalized spacial score (nSPS) is 11.1. The predicted molar refractivity (Wildman–Crippen MR) is 104 cm³/mol. The van der Waals surface area contributed by atoms with Crippen LogP contribution < -0.4 is 16.0 Å². The molecule has 3 rings (SSSR count). The van der Waals surface area contributed by atoms with Crippen molar-refractivity contribution in [1.29, 1.82) is 0 Å². The highest BCUT2D eigenvalue weighted by atomic mass is 19.4. The lowest BCUT2D eigenvalue weighted by Crippen LogP contribution is -2.23. The molecule has 0 bridgehead atoms. The molecule has 0 fully saturated rings. The minimum absolute atomic E-state index is 0.0238. The van der Waals surface area contributed by atoms with Gasteiger partial charge >= 0.3 is 6.18 Å². The molecule has 0 aliphatic heterocycles. The van der Waals surface area contributed by atoms with Crippen molar-refractivity contribution in [1.82, 2.24) is 5.16 Å². The van der Waals surface area contributed by atoms with E-state index < -0.39 is 30.1 Å². The largest absolute Gasteiger partial charge is 0.418 e. The SMILES string of the molecule is Cc1cc(NC(=O)CNc2ccc(NC(=O)c3ccccc3)cc2C(F)(F)F)no1. The number of nitrogens with one attached hydrogen (secondary N) is 3. The Labute approximate surface area is 169 Å². The molecule has 0 atom stereocenters. The lowest BCUT2D eigenvalue weighted by Gasteiger charge is -2.16. The Hall–Kier alpha value is -3.82. The molecule has 10 heteroatoms. The molecule has 0 radical (unpaired) electrons. The standard InChI is InChI=1S/C20H17F3N4O3/c1-12-9-17(27-30-12)26-18(28)11-24-16-8-7-14(10-15(16)20(21,22)23)25-19(29)13-5-3-2-4-6-13/h2-10,24H,11H2,1H3,(H,25,29)(H,26,27,28). The van der Waals surface area contributed by atoms with Gasteiger partial charge in [-0.15, -0.1) is 0 Å². The molecule has 0 spiro atoms. The zero-order chi connectivity index (χ0) is 21.7. The van der Waals surface area contributed by atoms with Gasteiger partial charge in [-0.05, 0) is 37.3 Å². The molecule has 0 aliphatic carbocycles. The monoisotopic (exact) mass is 418 g/mol. The summed E-state index contributed by atoms with van der Waals surface area (Å²) >= 11 is 0. The quantitative estimate of drug-likeness (QED) is 0.555. The molecular formula is C20H17F3N4O3. The van der Waals surface area contributed by atoms with Crippen LogP contribution in [0, 0.1) is 6.92 Å². The average molecular weight is 418 g/mol. The van der Waals surface area contributed by atoms with Crippen LogP contribution in [0.25, 0.3) is 0 Å². The third-order valence-corrected chi connectivity index (χ3v) is 3.95. The molecule has 0 saturated heterocycles. The summed E-state index contributed by atoms with van der Waals surface area (Å²) in [6, 6.07) is 12.9. The van der Waals surface area contributed by atoms with E-state index in [2.05, 4.69) is 21.1 Å². The van der Waals surface area contributed by atoms with Gasteiger partial charge < -0.3 is 20.5 Å². The van der Waals surface area contributed by atoms with Gasteiger partial charge in [-0.3, -0.25) is 9.59 Å². The summed E-state index contributed by atoms with van der Waals surface area (Å²) in [5.74, 6) is -0.496. The van der Waals surface area contributed by atoms with Gasteiger partial charge in [0.05, 0.1) is 12.1 Å². The number of nitrogens with zero attached hydrogens (tertiary/aromatic N) is 1. The molecule has 1 aromatic heterocycles. The molecule has 0 saturated carbocycles. The number of aromatic nitrogens is 1. The fourth-order valence-electron chi connectivity index (χ4n) is 2.59. The van der Waals surface area contributed by atoms with Gasteiger partial charge in [0.15, 0.2) is 5.82 Å². The number of hydrogen-bond donors (Lipinski definition) is 3. The van der Waals surface area contributed by atoms with Crippen molar-refractivity contribution in [3.63, 3.8) is 0 Å². The van der Waals surface area contributed by atoms with Crippen molar-refractivity contribution in [3.05, 3.63) is 71.5 Å². The smallest absolute Gasteiger partial charge is 0.376 e. The first-order valence-corrected chi connectivity index (χ1v) is 8.77. The number of aryl methyl sites for hydroxylation is 1. The van der Waals surface area contributed by atoms with E-state index in [0.717, 1.165) is 12.1 Å². The van der Waals surface area contributed by atoms with Crippen LogP contribution in [0.3, 0.4) is 0 Å². The Morgan fingerprint density at radius 2 is 1.77 bits per heavy atom. The summed E-state index contributed by atoms with van der Waals surface area (Å²) in [7, 11) is 0. The van der Waals surface area contributed by atoms with Crippen LogP contribution in [-0.2, 0) is 11.0 Å². The third kappa shape index (κ3) is 5.37. The number of halogens is 3. The molecule has 3 aromatic rings. The number of amides is 2. The van der Waals surface area contributed by atoms with Crippen LogP contribution in [0.1, 0.15) is 21.7 Å². The maximum Gasteiger partial charge on any atom is 0.418 e. The van der Waals surface area contributed by atoms with Crippen LogP contribution in [0.15, 0.2) is 59.1 Å². The molecule has 2 aromatic carbocycles. The van der Waals surface area contributed by atoms with E-state index in [1.807, 2.05) is 0 Å². The fraction of sp³-hybridized carbons (Fsp3) is 0.150. The van der Waals surface area contributed by atoms with Gasteiger partial charge in [-0.1, -0.05) is 23.4 Å². The summed E-state index contributed by atoms with van der Waals surface area (Å²) in [4.78, 5) is 24.1. The second-order valence-electron chi connectivity index (χ2n) is 6.30. The average Bonchev–Trinajstić information content (AvgIpc) is 3.11. The number of carbonyl (C=O) groups excluding carboxylic acids is 2. The van der Waals surface area contributed by atoms with Crippen LogP contribution in [0.2, 0.25) is 0 Å². The summed E-state index contributed by atoms with van der Waals surface area (Å²) < 4.78 is 45.3. The molecule has 0 aliphatic rings. The Bertz CT molecular complexity index is 1050. The zero-order valence-electron chi connectivity index (χ0n) is 15.7. The third-order valence-electron chi connectivity index (χ3n) is 3.95. The molecule has 30 heavy (non-hydrogen) atoms. The molecular weight excluding hydrogens is 401 g/mol. The number of hydrogen-bond acceptors (Lipinski definition) is 5. The van der Waals surface area contributed by atoms with Crippen molar-refractivity contribution in [2.75, 3.05) is 22.5 Å². The topological polar surface area (TPSA) is 96.3 Å². The first-order chi connectivity index (χ1) is 14.2. The first-order valence-electron chi connectivity index (χ1n) is 8.77. The van der Waals surface area contributed by atoms with Gasteiger partial charge in [0, 0.05) is 23.0 Å². The van der Waals surface area contributed by atoms with Crippen molar-refractivity contribution in [2.24, 2.45) is 0 Å². The fourth-order valence-corrected chi connectivity index (χ4v) is 2.59. The van der Waals surface area contributed by atoms with E-state index in [4.69, 9.17) is 4.52 Å². The van der Waals surface area contributed by atoms with Gasteiger partial charge in [0.1, 0.15) is 5.76 Å². The minimum Gasteiger partial charge on any atom is -0.376 e. The second kappa shape index (κ2) is 8.68. The van der Waals surface area contributed by atoms with Crippen LogP contribution >= 0.6 is 0 Å². The number of benzene rings is 2. The van der Waals surface area contributed by atoms with E-state index in [9.17, 15) is 22.8 Å². The maximum atomic E-state index is 13.5. The molecule has 156 valence electrons. The van der Waals surface area contributed by atoms with Crippen LogP contribution in [-0.4, -0.2) is 23.5 Å². The molecule has 0 unspecified atom stereocenters. The summed E-state index contributed by atoms with van der Waals surface area (Å²) in [5, 5.41) is 10.9. The highest BCUT2D eigenvalue weighted by Gasteiger charge is 2.34. The zero-order valence-corrected chi connectivity index (χ0v) is 15.7. The van der Waals surface area contributed by atoms with Crippen molar-refractivity contribution in [3.8, 4) is 0 Å². The number of anilines is 3. The highest BCUT2D eigenvalue weighted by Crippen LogP contribution is 2.36. The van der Waals surface area contributed by atoms with Gasteiger partial charge in [-0.2, -0.15) is 13.2 Å². The molecule has 1 heterocycles. The van der Waals surface area contributed by atoms with Gasteiger partial charge in [0.2, 0.25) is 5.91 Å². The lowest BCUT2D eigenvalue weighted by atomic mass is 10.1. The van der Waals surface area contributed by atoms with Crippen LogP contribution in [0.4, 0.5) is 30.4 Å². The summed E-state index contributed by atoms with van der Waals surface area (Å²) in [5.41, 5.74) is -1.03. The highest BCUT2D eigenvalue weighted by molar-refractivity contribution is 6.04. The van der Waals surface area contributed by atoms with E-state index in [0.29, 0.717) is 11.3 Å². The second-order valence-corrected chi connectivity index (χ2v) is 6.30. The predicted octanol–water partition coefficient (Wildman–Crippen LogP) is 4.30. The van der Waals surface area contributed by atoms with E-state index >= 15 is 0 Å². The lowest BCUT2D eigenvalue weighted by molar-refractivity contribution is -0.137. The number of carbonyl (C=O) groups is 2. The Balaban J connectivity index is 1.71. The van der Waals surface area contributed by atoms with Gasteiger partial charge in [0.25, 0.3) is 5.91 Å². The number of alkyl halides is 3. The Kier molecular flexibility index (Phi) is 6.05. The molecule has 3 N–H and O–H groups in total. The van der Waals surface area contributed by atoms with Crippen molar-refractivity contribution >= 4 is 29.0 Å². The van der Waals surface area contributed by atoms with Crippen LogP contribution in [0.5, 0.6) is 0 Å². The first kappa shape index (κ1) is 20.9. The molecule has 7 nitrogen and oxygen atoms in total.